The van der Waals surface area contributed by atoms with E-state index < -0.39 is 0 Å². The molecule has 0 unspecified atom stereocenters. The minimum atomic E-state index is -0.168. The Morgan fingerprint density at radius 1 is 1.03 bits per heavy atom. The molecule has 0 bridgehead atoms. The summed E-state index contributed by atoms with van der Waals surface area (Å²) in [5, 5.41) is 3.45. The molecule has 34 heavy (non-hydrogen) atoms. The van der Waals surface area contributed by atoms with Crippen molar-refractivity contribution < 1.29 is 19.1 Å². The van der Waals surface area contributed by atoms with Crippen LogP contribution in [0, 0.1) is 0 Å². The van der Waals surface area contributed by atoms with Crippen LogP contribution in [0.1, 0.15) is 26.9 Å². The highest BCUT2D eigenvalue weighted by Crippen LogP contribution is 2.39. The average Bonchev–Trinajstić information content (AvgIpc) is 3.23. The molecule has 3 aromatic rings. The van der Waals surface area contributed by atoms with Gasteiger partial charge in [0.25, 0.3) is 5.91 Å². The summed E-state index contributed by atoms with van der Waals surface area (Å²) in [7, 11) is 1.61. The lowest BCUT2D eigenvalue weighted by molar-refractivity contribution is -0.128. The fourth-order valence-electron chi connectivity index (χ4n) is 3.59. The van der Waals surface area contributed by atoms with Crippen LogP contribution in [0.4, 0.5) is 0 Å². The molecule has 4 rings (SSSR count). The van der Waals surface area contributed by atoms with Crippen LogP contribution in [0.25, 0.3) is 0 Å². The number of methoxy groups -OCH3 is 1. The second-order valence-electron chi connectivity index (χ2n) is 7.71. The van der Waals surface area contributed by atoms with E-state index in [1.54, 1.807) is 31.0 Å². The van der Waals surface area contributed by atoms with Gasteiger partial charge in [-0.05, 0) is 59.7 Å². The summed E-state index contributed by atoms with van der Waals surface area (Å²) >= 11 is 7.56. The number of nitrogens with zero attached hydrogens (tertiary/aromatic N) is 1. The molecule has 1 fully saturated rings. The Bertz CT molecular complexity index is 1120. The Morgan fingerprint density at radius 3 is 2.38 bits per heavy atom. The van der Waals surface area contributed by atoms with Gasteiger partial charge >= 0.3 is 0 Å². The minimum absolute atomic E-state index is 0.0850. The van der Waals surface area contributed by atoms with Crippen LogP contribution < -0.4 is 14.8 Å². The predicted octanol–water partition coefficient (Wildman–Crippen LogP) is 4.93. The van der Waals surface area contributed by atoms with Gasteiger partial charge < -0.3 is 19.7 Å². The maximum atomic E-state index is 12.5. The van der Waals surface area contributed by atoms with Crippen LogP contribution in [0.2, 0.25) is 5.02 Å². The number of hydrogen-bond acceptors (Lipinski definition) is 5. The summed E-state index contributed by atoms with van der Waals surface area (Å²) < 4.78 is 10.8. The highest BCUT2D eigenvalue weighted by Gasteiger charge is 2.32. The first-order valence-corrected chi connectivity index (χ1v) is 12.3. The standard InChI is InChI=1S/C26H25ClN2O4S/c1-32-22-10-12-23(13-11-22)33-15-14-28-25(31)19-4-6-20(7-5-19)26-29(24(30)17-34-26)16-18-2-8-21(27)9-3-18/h2-13,26H,14-17H2,1H3,(H,28,31)/t26-/m1/s1. The monoisotopic (exact) mass is 496 g/mol. The van der Waals surface area contributed by atoms with Crippen molar-refractivity contribution in [1.29, 1.82) is 0 Å². The van der Waals surface area contributed by atoms with Crippen LogP contribution >= 0.6 is 23.4 Å². The first-order valence-electron chi connectivity index (χ1n) is 10.8. The molecular weight excluding hydrogens is 472 g/mol. The normalized spacial score (nSPS) is 15.3. The van der Waals surface area contributed by atoms with E-state index in [9.17, 15) is 9.59 Å². The Balaban J connectivity index is 1.30. The minimum Gasteiger partial charge on any atom is -0.497 e. The molecule has 0 aliphatic carbocycles. The van der Waals surface area contributed by atoms with Gasteiger partial charge in [0.1, 0.15) is 23.5 Å². The highest BCUT2D eigenvalue weighted by molar-refractivity contribution is 8.00. The molecule has 2 amide bonds. The van der Waals surface area contributed by atoms with E-state index in [1.807, 2.05) is 65.6 Å². The highest BCUT2D eigenvalue weighted by atomic mass is 35.5. The molecule has 0 spiro atoms. The molecule has 176 valence electrons. The smallest absolute Gasteiger partial charge is 0.251 e. The molecule has 8 heteroatoms. The Labute approximate surface area is 208 Å². The van der Waals surface area contributed by atoms with Crippen LogP contribution in [-0.2, 0) is 11.3 Å². The lowest BCUT2D eigenvalue weighted by Gasteiger charge is -2.24. The van der Waals surface area contributed by atoms with E-state index in [0.29, 0.717) is 41.8 Å². The lowest BCUT2D eigenvalue weighted by Crippen LogP contribution is -2.28. The van der Waals surface area contributed by atoms with Crippen LogP contribution in [0.5, 0.6) is 11.5 Å². The van der Waals surface area contributed by atoms with Crippen LogP contribution in [0.3, 0.4) is 0 Å². The van der Waals surface area contributed by atoms with Crippen molar-refractivity contribution in [1.82, 2.24) is 10.2 Å². The quantitative estimate of drug-likeness (QED) is 0.425. The molecule has 3 aromatic carbocycles. The van der Waals surface area contributed by atoms with Crippen molar-refractivity contribution in [2.24, 2.45) is 0 Å². The number of carbonyl (C=O) groups is 2. The molecule has 1 atom stereocenters. The maximum Gasteiger partial charge on any atom is 0.251 e. The van der Waals surface area contributed by atoms with E-state index in [4.69, 9.17) is 21.1 Å². The molecule has 1 heterocycles. The number of thioether (sulfide) groups is 1. The number of benzene rings is 3. The predicted molar refractivity (Wildman–Crippen MR) is 134 cm³/mol. The Kier molecular flexibility index (Phi) is 7.98. The fraction of sp³-hybridized carbons (Fsp3) is 0.231. The number of hydrogen-bond donors (Lipinski definition) is 1. The zero-order chi connectivity index (χ0) is 23.9. The van der Waals surface area contributed by atoms with Crippen molar-refractivity contribution in [2.75, 3.05) is 26.0 Å². The molecule has 1 saturated heterocycles. The van der Waals surface area contributed by atoms with Gasteiger partial charge in [0.2, 0.25) is 5.91 Å². The number of amides is 2. The largest absolute Gasteiger partial charge is 0.497 e. The van der Waals surface area contributed by atoms with Gasteiger partial charge in [0.15, 0.2) is 0 Å². The molecule has 0 saturated carbocycles. The lowest BCUT2D eigenvalue weighted by atomic mass is 10.1. The molecule has 0 radical (unpaired) electrons. The van der Waals surface area contributed by atoms with Gasteiger partial charge in [-0.1, -0.05) is 35.9 Å². The number of nitrogens with one attached hydrogen (secondary N) is 1. The molecule has 6 nitrogen and oxygen atoms in total. The van der Waals surface area contributed by atoms with Crippen molar-refractivity contribution in [2.45, 2.75) is 11.9 Å². The average molecular weight is 497 g/mol. The van der Waals surface area contributed by atoms with Gasteiger partial charge in [-0.15, -0.1) is 11.8 Å². The van der Waals surface area contributed by atoms with Gasteiger partial charge in [0, 0.05) is 17.1 Å². The van der Waals surface area contributed by atoms with Crippen molar-refractivity contribution in [3.05, 3.63) is 94.5 Å². The molecule has 1 aliphatic rings. The maximum absolute atomic E-state index is 12.5. The molecular formula is C26H25ClN2O4S. The first-order chi connectivity index (χ1) is 16.5. The fourth-order valence-corrected chi connectivity index (χ4v) is 4.91. The zero-order valence-electron chi connectivity index (χ0n) is 18.7. The third-order valence-electron chi connectivity index (χ3n) is 5.41. The van der Waals surface area contributed by atoms with Crippen molar-refractivity contribution in [3.63, 3.8) is 0 Å². The molecule has 1 aliphatic heterocycles. The van der Waals surface area contributed by atoms with Crippen molar-refractivity contribution in [3.8, 4) is 11.5 Å². The summed E-state index contributed by atoms with van der Waals surface area (Å²) in [6.07, 6.45) is 0. The SMILES string of the molecule is COc1ccc(OCCNC(=O)c2ccc([C@H]3SCC(=O)N3Cc3ccc(Cl)cc3)cc2)cc1. The van der Waals surface area contributed by atoms with Gasteiger partial charge in [-0.25, -0.2) is 0 Å². The summed E-state index contributed by atoms with van der Waals surface area (Å²) in [6.45, 7) is 1.26. The number of carbonyl (C=O) groups excluding carboxylic acids is 2. The van der Waals surface area contributed by atoms with E-state index in [0.717, 1.165) is 16.9 Å². The van der Waals surface area contributed by atoms with E-state index >= 15 is 0 Å². The summed E-state index contributed by atoms with van der Waals surface area (Å²) in [5.41, 5.74) is 2.58. The third-order valence-corrected chi connectivity index (χ3v) is 6.92. The van der Waals surface area contributed by atoms with Gasteiger partial charge in [-0.3, -0.25) is 9.59 Å². The van der Waals surface area contributed by atoms with Crippen LogP contribution in [0.15, 0.2) is 72.8 Å². The second-order valence-corrected chi connectivity index (χ2v) is 9.22. The molecule has 1 N–H and O–H groups in total. The Hall–Kier alpha value is -3.16. The molecule has 0 aromatic heterocycles. The van der Waals surface area contributed by atoms with Crippen LogP contribution in [-0.4, -0.2) is 42.7 Å². The summed E-state index contributed by atoms with van der Waals surface area (Å²) in [4.78, 5) is 26.8. The van der Waals surface area contributed by atoms with Crippen molar-refractivity contribution >= 4 is 35.2 Å². The number of rotatable bonds is 9. The topological polar surface area (TPSA) is 67.9 Å². The second kappa shape index (κ2) is 11.3. The van der Waals surface area contributed by atoms with E-state index in [2.05, 4.69) is 5.32 Å². The van der Waals surface area contributed by atoms with E-state index in [1.165, 1.54) is 0 Å². The third kappa shape index (κ3) is 6.04. The van der Waals surface area contributed by atoms with Gasteiger partial charge in [-0.2, -0.15) is 0 Å². The zero-order valence-corrected chi connectivity index (χ0v) is 20.3. The Morgan fingerprint density at radius 2 is 1.71 bits per heavy atom. The first kappa shape index (κ1) is 24.0. The van der Waals surface area contributed by atoms with E-state index in [-0.39, 0.29) is 17.2 Å². The number of ether oxygens (including phenoxy) is 2. The number of halogens is 1. The summed E-state index contributed by atoms with van der Waals surface area (Å²) in [5.74, 6) is 1.85. The van der Waals surface area contributed by atoms with Gasteiger partial charge in [0.05, 0.1) is 19.4 Å². The summed E-state index contributed by atoms with van der Waals surface area (Å²) in [6, 6.07) is 22.2.